The van der Waals surface area contributed by atoms with Gasteiger partial charge in [0.1, 0.15) is 0 Å². The standard InChI is InChI=1S/C15H17N5/c1-2-5-15(6-3-1)20-13-14(12-18-20)11-16-8-10-19-9-4-7-17-19/h1-7,9,12-13,16H,8,10-11H2. The van der Waals surface area contributed by atoms with Crippen LogP contribution in [-0.2, 0) is 13.1 Å². The van der Waals surface area contributed by atoms with Gasteiger partial charge >= 0.3 is 0 Å². The highest BCUT2D eigenvalue weighted by molar-refractivity contribution is 5.30. The molecule has 2 aromatic heterocycles. The molecule has 0 amide bonds. The molecule has 1 N–H and O–H groups in total. The molecule has 0 aliphatic carbocycles. The Kier molecular flexibility index (Phi) is 3.89. The summed E-state index contributed by atoms with van der Waals surface area (Å²) in [7, 11) is 0. The molecular weight excluding hydrogens is 250 g/mol. The summed E-state index contributed by atoms with van der Waals surface area (Å²) in [5.74, 6) is 0. The number of hydrogen-bond acceptors (Lipinski definition) is 3. The highest BCUT2D eigenvalue weighted by Crippen LogP contribution is 2.07. The van der Waals surface area contributed by atoms with E-state index in [2.05, 4.69) is 21.7 Å². The number of aromatic nitrogens is 4. The Morgan fingerprint density at radius 2 is 1.95 bits per heavy atom. The highest BCUT2D eigenvalue weighted by Gasteiger charge is 2.00. The molecule has 2 heterocycles. The van der Waals surface area contributed by atoms with Crippen LogP contribution in [0.15, 0.2) is 61.2 Å². The lowest BCUT2D eigenvalue weighted by Gasteiger charge is -2.03. The number of hydrogen-bond donors (Lipinski definition) is 1. The average Bonchev–Trinajstić information content (AvgIpc) is 3.16. The fourth-order valence-electron chi connectivity index (χ4n) is 2.03. The van der Waals surface area contributed by atoms with Gasteiger partial charge in [-0.2, -0.15) is 10.2 Å². The molecular formula is C15H17N5. The van der Waals surface area contributed by atoms with Crippen LogP contribution in [0.3, 0.4) is 0 Å². The summed E-state index contributed by atoms with van der Waals surface area (Å²) in [6.45, 7) is 2.58. The van der Waals surface area contributed by atoms with Crippen LogP contribution in [0.1, 0.15) is 5.56 Å². The molecule has 0 bridgehead atoms. The average molecular weight is 267 g/mol. The Morgan fingerprint density at radius 1 is 1.05 bits per heavy atom. The number of rotatable bonds is 6. The van der Waals surface area contributed by atoms with Crippen LogP contribution in [0.4, 0.5) is 0 Å². The molecule has 0 aliphatic heterocycles. The summed E-state index contributed by atoms with van der Waals surface area (Å²) >= 11 is 0. The van der Waals surface area contributed by atoms with Crippen molar-refractivity contribution in [3.8, 4) is 5.69 Å². The van der Waals surface area contributed by atoms with E-state index in [9.17, 15) is 0 Å². The quantitative estimate of drug-likeness (QED) is 0.693. The summed E-state index contributed by atoms with van der Waals surface area (Å²) in [6, 6.07) is 12.1. The van der Waals surface area contributed by atoms with Gasteiger partial charge < -0.3 is 5.32 Å². The summed E-state index contributed by atoms with van der Waals surface area (Å²) in [5.41, 5.74) is 2.25. The van der Waals surface area contributed by atoms with E-state index in [4.69, 9.17) is 0 Å². The first kappa shape index (κ1) is 12.6. The lowest BCUT2D eigenvalue weighted by Crippen LogP contribution is -2.19. The molecule has 0 spiro atoms. The van der Waals surface area contributed by atoms with Crippen molar-refractivity contribution in [3.05, 3.63) is 66.7 Å². The first-order valence-corrected chi connectivity index (χ1v) is 6.69. The molecule has 3 rings (SSSR count). The van der Waals surface area contributed by atoms with Gasteiger partial charge in [0.2, 0.25) is 0 Å². The summed E-state index contributed by atoms with van der Waals surface area (Å²) in [4.78, 5) is 0. The normalized spacial score (nSPS) is 10.8. The maximum atomic E-state index is 4.37. The van der Waals surface area contributed by atoms with Crippen LogP contribution in [0, 0.1) is 0 Å². The van der Waals surface area contributed by atoms with Crippen LogP contribution in [0.25, 0.3) is 5.69 Å². The minimum absolute atomic E-state index is 0.814. The molecule has 0 saturated carbocycles. The fraction of sp³-hybridized carbons (Fsp3) is 0.200. The number of nitrogens with zero attached hydrogens (tertiary/aromatic N) is 4. The van der Waals surface area contributed by atoms with E-state index in [-0.39, 0.29) is 0 Å². The van der Waals surface area contributed by atoms with Crippen molar-refractivity contribution in [2.45, 2.75) is 13.1 Å². The molecule has 20 heavy (non-hydrogen) atoms. The topological polar surface area (TPSA) is 47.7 Å². The molecule has 0 saturated heterocycles. The lowest BCUT2D eigenvalue weighted by molar-refractivity contribution is 0.555. The Labute approximate surface area is 117 Å². The van der Waals surface area contributed by atoms with Gasteiger partial charge in [-0.1, -0.05) is 18.2 Å². The van der Waals surface area contributed by atoms with Gasteiger partial charge in [0.15, 0.2) is 0 Å². The van der Waals surface area contributed by atoms with E-state index in [0.717, 1.165) is 25.3 Å². The van der Waals surface area contributed by atoms with Crippen LogP contribution in [0.5, 0.6) is 0 Å². The highest BCUT2D eigenvalue weighted by atomic mass is 15.3. The van der Waals surface area contributed by atoms with E-state index < -0.39 is 0 Å². The van der Waals surface area contributed by atoms with Crippen molar-refractivity contribution < 1.29 is 0 Å². The monoisotopic (exact) mass is 267 g/mol. The van der Waals surface area contributed by atoms with Gasteiger partial charge in [-0.05, 0) is 18.2 Å². The second kappa shape index (κ2) is 6.16. The molecule has 0 aliphatic rings. The first-order chi connectivity index (χ1) is 9.92. The largest absolute Gasteiger partial charge is 0.311 e. The smallest absolute Gasteiger partial charge is 0.0645 e. The predicted molar refractivity (Wildman–Crippen MR) is 77.5 cm³/mol. The third kappa shape index (κ3) is 3.13. The summed E-state index contributed by atoms with van der Waals surface area (Å²) < 4.78 is 3.81. The molecule has 0 radical (unpaired) electrons. The lowest BCUT2D eigenvalue weighted by atomic mass is 10.3. The second-order valence-corrected chi connectivity index (χ2v) is 4.57. The van der Waals surface area contributed by atoms with E-state index >= 15 is 0 Å². The van der Waals surface area contributed by atoms with Gasteiger partial charge in [-0.15, -0.1) is 0 Å². The maximum absolute atomic E-state index is 4.37. The zero-order valence-electron chi connectivity index (χ0n) is 11.2. The van der Waals surface area contributed by atoms with Crippen molar-refractivity contribution in [3.63, 3.8) is 0 Å². The zero-order chi connectivity index (χ0) is 13.6. The molecule has 102 valence electrons. The fourth-order valence-corrected chi connectivity index (χ4v) is 2.03. The van der Waals surface area contributed by atoms with Gasteiger partial charge in [0.25, 0.3) is 0 Å². The number of para-hydroxylation sites is 1. The predicted octanol–water partition coefficient (Wildman–Crippen LogP) is 1.86. The minimum Gasteiger partial charge on any atom is -0.311 e. The first-order valence-electron chi connectivity index (χ1n) is 6.69. The van der Waals surface area contributed by atoms with Crippen molar-refractivity contribution in [1.82, 2.24) is 24.9 Å². The third-order valence-electron chi connectivity index (χ3n) is 3.06. The van der Waals surface area contributed by atoms with Crippen molar-refractivity contribution >= 4 is 0 Å². The zero-order valence-corrected chi connectivity index (χ0v) is 11.2. The van der Waals surface area contributed by atoms with Gasteiger partial charge in [0.05, 0.1) is 18.4 Å². The molecule has 0 unspecified atom stereocenters. The Bertz CT molecular complexity index is 627. The summed E-state index contributed by atoms with van der Waals surface area (Å²) in [6.07, 6.45) is 7.71. The van der Waals surface area contributed by atoms with E-state index in [1.165, 1.54) is 5.56 Å². The van der Waals surface area contributed by atoms with Crippen molar-refractivity contribution in [2.24, 2.45) is 0 Å². The number of benzene rings is 1. The molecule has 0 atom stereocenters. The number of nitrogens with one attached hydrogen (secondary N) is 1. The summed E-state index contributed by atoms with van der Waals surface area (Å²) in [5, 5.41) is 11.9. The molecule has 0 fully saturated rings. The van der Waals surface area contributed by atoms with E-state index in [1.54, 1.807) is 6.20 Å². The Morgan fingerprint density at radius 3 is 2.75 bits per heavy atom. The maximum Gasteiger partial charge on any atom is 0.0645 e. The van der Waals surface area contributed by atoms with Crippen LogP contribution >= 0.6 is 0 Å². The van der Waals surface area contributed by atoms with Gasteiger partial charge in [0, 0.05) is 37.2 Å². The van der Waals surface area contributed by atoms with E-state index in [0.29, 0.717) is 0 Å². The van der Waals surface area contributed by atoms with Crippen molar-refractivity contribution in [2.75, 3.05) is 6.54 Å². The van der Waals surface area contributed by atoms with E-state index in [1.807, 2.05) is 58.2 Å². The third-order valence-corrected chi connectivity index (χ3v) is 3.06. The van der Waals surface area contributed by atoms with Crippen LogP contribution in [-0.4, -0.2) is 26.1 Å². The minimum atomic E-state index is 0.814. The van der Waals surface area contributed by atoms with Gasteiger partial charge in [-0.3, -0.25) is 4.68 Å². The molecule has 5 nitrogen and oxygen atoms in total. The van der Waals surface area contributed by atoms with Gasteiger partial charge in [-0.25, -0.2) is 4.68 Å². The van der Waals surface area contributed by atoms with Crippen LogP contribution in [0.2, 0.25) is 0 Å². The molecule has 5 heteroatoms. The Hall–Kier alpha value is -2.40. The Balaban J connectivity index is 1.50. The SMILES string of the molecule is c1ccc(-n2cc(CNCCn3cccn3)cn2)cc1. The molecule has 1 aromatic carbocycles. The second-order valence-electron chi connectivity index (χ2n) is 4.57. The molecule has 3 aromatic rings. The van der Waals surface area contributed by atoms with Crippen LogP contribution < -0.4 is 5.32 Å². The van der Waals surface area contributed by atoms with Crippen molar-refractivity contribution in [1.29, 1.82) is 0 Å².